The van der Waals surface area contributed by atoms with Crippen LogP contribution < -0.4 is 0 Å². The van der Waals surface area contributed by atoms with Crippen molar-refractivity contribution >= 4 is 5.78 Å². The van der Waals surface area contributed by atoms with Gasteiger partial charge in [-0.2, -0.15) is 0 Å². The minimum Gasteiger partial charge on any atom is -0.502 e. The highest BCUT2D eigenvalue weighted by Gasteiger charge is 2.22. The second-order valence-electron chi connectivity index (χ2n) is 10.3. The quantitative estimate of drug-likeness (QED) is 0.212. The predicted octanol–water partition coefficient (Wildman–Crippen LogP) is 9.06. The lowest BCUT2D eigenvalue weighted by molar-refractivity contribution is -0.125. The zero-order valence-electron chi connectivity index (χ0n) is 24.2. The molecule has 0 N–H and O–H groups in total. The fourth-order valence-corrected chi connectivity index (χ4v) is 3.81. The Balaban J connectivity index is 0. The van der Waals surface area contributed by atoms with Crippen LogP contribution in [0.4, 0.5) is 0 Å². The number of hydrogen-bond acceptors (Lipinski definition) is 3. The third-order valence-electron chi connectivity index (χ3n) is 6.87. The summed E-state index contributed by atoms with van der Waals surface area (Å²) in [6.45, 7) is 23.2. The van der Waals surface area contributed by atoms with Crippen LogP contribution in [0.2, 0.25) is 0 Å². The molecule has 2 rings (SSSR count). The molecule has 3 heteroatoms. The van der Waals surface area contributed by atoms with Crippen molar-refractivity contribution in [2.24, 2.45) is 17.3 Å². The smallest absolute Gasteiger partial charge is 0.135 e. The van der Waals surface area contributed by atoms with Gasteiger partial charge in [0.25, 0.3) is 0 Å². The average molecular weight is 468 g/mol. The average Bonchev–Trinajstić information content (AvgIpc) is 3.25. The van der Waals surface area contributed by atoms with E-state index in [1.807, 2.05) is 26.8 Å². The number of unbranched alkanes of at least 4 members (excludes halogenated alkanes) is 3. The van der Waals surface area contributed by atoms with Crippen molar-refractivity contribution in [1.29, 1.82) is 0 Å². The molecule has 0 bridgehead atoms. The normalized spacial score (nSPS) is 16.2. The second-order valence-corrected chi connectivity index (χ2v) is 10.3. The van der Waals surface area contributed by atoms with E-state index in [2.05, 4.69) is 39.5 Å². The lowest BCUT2D eigenvalue weighted by Gasteiger charge is -2.28. The molecule has 1 saturated heterocycles. The van der Waals surface area contributed by atoms with Crippen LogP contribution in [0.25, 0.3) is 0 Å². The molecule has 33 heavy (non-hydrogen) atoms. The summed E-state index contributed by atoms with van der Waals surface area (Å²) in [6.07, 6.45) is 18.2. The van der Waals surface area contributed by atoms with Crippen molar-refractivity contribution in [3.63, 3.8) is 0 Å². The number of allylic oxidation sites excluding steroid dienone is 1. The monoisotopic (exact) mass is 467 g/mol. The van der Waals surface area contributed by atoms with Crippen LogP contribution in [0.3, 0.4) is 0 Å². The van der Waals surface area contributed by atoms with Gasteiger partial charge >= 0.3 is 0 Å². The first-order valence-electron chi connectivity index (χ1n) is 14.2. The molecule has 0 unspecified atom stereocenters. The Kier molecular flexibility index (Phi) is 23.9. The van der Waals surface area contributed by atoms with E-state index in [0.29, 0.717) is 5.78 Å². The number of carbonyl (C=O) groups excluding carboxylic acids is 1. The maximum atomic E-state index is 11.4. The predicted molar refractivity (Wildman–Crippen MR) is 148 cm³/mol. The zero-order chi connectivity index (χ0) is 25.5. The molecule has 1 aliphatic heterocycles. The highest BCUT2D eigenvalue weighted by molar-refractivity contribution is 5.81. The van der Waals surface area contributed by atoms with Crippen LogP contribution >= 0.6 is 0 Å². The summed E-state index contributed by atoms with van der Waals surface area (Å²) in [4.78, 5) is 13.9. The fourth-order valence-electron chi connectivity index (χ4n) is 3.81. The van der Waals surface area contributed by atoms with Crippen LogP contribution in [-0.2, 0) is 9.53 Å². The van der Waals surface area contributed by atoms with Gasteiger partial charge in [-0.15, -0.1) is 0 Å². The Morgan fingerprint density at radius 3 is 1.97 bits per heavy atom. The topological polar surface area (TPSA) is 29.5 Å². The first-order chi connectivity index (χ1) is 15.7. The lowest BCUT2D eigenvalue weighted by atomic mass is 9.78. The largest absolute Gasteiger partial charge is 0.502 e. The van der Waals surface area contributed by atoms with Gasteiger partial charge in [0.05, 0.1) is 12.9 Å². The fraction of sp³-hybridized carbons (Fsp3) is 0.900. The van der Waals surface area contributed by atoms with Crippen molar-refractivity contribution in [2.75, 3.05) is 26.2 Å². The summed E-state index contributed by atoms with van der Waals surface area (Å²) in [6, 6.07) is 0. The first kappa shape index (κ1) is 34.3. The van der Waals surface area contributed by atoms with Crippen molar-refractivity contribution in [2.45, 2.75) is 133 Å². The molecular weight excluding hydrogens is 406 g/mol. The Morgan fingerprint density at radius 1 is 1.00 bits per heavy atom. The van der Waals surface area contributed by atoms with E-state index >= 15 is 0 Å². The van der Waals surface area contributed by atoms with E-state index in [9.17, 15) is 4.79 Å². The van der Waals surface area contributed by atoms with Gasteiger partial charge in [0.2, 0.25) is 0 Å². The van der Waals surface area contributed by atoms with E-state index in [-0.39, 0.29) is 5.41 Å². The maximum Gasteiger partial charge on any atom is 0.135 e. The van der Waals surface area contributed by atoms with E-state index in [1.165, 1.54) is 77.4 Å². The number of carbonyl (C=O) groups is 1. The second kappa shape index (κ2) is 22.9. The van der Waals surface area contributed by atoms with E-state index < -0.39 is 0 Å². The standard InChI is InChI=1S/C15H29NO.C7H14.C6H12O.C2H6/c1-14(17)15(2,3)10-6-4-5-7-11-16-12-8-9-13-16;1-6(2)7-4-3-5-7;1-3-5-6-7-4-2;1-2/h4-13H2,1-3H3;6-7H,3-5H2,1-2H3;5-6H,3-4H2,1-2H3;1-2H3/b;;6-5+;. The number of ether oxygens (including phenoxy) is 1. The number of hydrogen-bond donors (Lipinski definition) is 0. The third kappa shape index (κ3) is 20.3. The molecule has 2 aliphatic rings. The van der Waals surface area contributed by atoms with Gasteiger partial charge in [-0.05, 0) is 77.4 Å². The molecule has 0 radical (unpaired) electrons. The first-order valence-corrected chi connectivity index (χ1v) is 14.2. The zero-order valence-corrected chi connectivity index (χ0v) is 24.2. The minimum atomic E-state index is -0.102. The number of likely N-dealkylation sites (tertiary alicyclic amines) is 1. The Morgan fingerprint density at radius 2 is 1.58 bits per heavy atom. The molecule has 2 fully saturated rings. The van der Waals surface area contributed by atoms with Gasteiger partial charge in [0.1, 0.15) is 5.78 Å². The Labute approximate surface area is 209 Å². The third-order valence-corrected chi connectivity index (χ3v) is 6.87. The van der Waals surface area contributed by atoms with Crippen molar-refractivity contribution < 1.29 is 9.53 Å². The van der Waals surface area contributed by atoms with Crippen molar-refractivity contribution in [1.82, 2.24) is 4.90 Å². The van der Waals surface area contributed by atoms with Crippen molar-refractivity contribution in [3.8, 4) is 0 Å². The van der Waals surface area contributed by atoms with E-state index in [1.54, 1.807) is 13.2 Å². The number of rotatable bonds is 12. The molecule has 0 aromatic rings. The molecule has 1 heterocycles. The minimum absolute atomic E-state index is 0.102. The molecular formula is C30H61NO2. The molecule has 1 aliphatic carbocycles. The summed E-state index contributed by atoms with van der Waals surface area (Å²) < 4.78 is 4.89. The Hall–Kier alpha value is -0.830. The summed E-state index contributed by atoms with van der Waals surface area (Å²) in [5.41, 5.74) is -0.102. The van der Waals surface area contributed by atoms with E-state index in [4.69, 9.17) is 4.74 Å². The number of nitrogens with zero attached hydrogens (tertiary/aromatic N) is 1. The van der Waals surface area contributed by atoms with Gasteiger partial charge < -0.3 is 9.64 Å². The van der Waals surface area contributed by atoms with Gasteiger partial charge in [-0.3, -0.25) is 4.79 Å². The molecule has 198 valence electrons. The van der Waals surface area contributed by atoms with Gasteiger partial charge in [-0.1, -0.05) is 93.1 Å². The molecule has 0 spiro atoms. The summed E-state index contributed by atoms with van der Waals surface area (Å²) in [5.74, 6) is 2.36. The van der Waals surface area contributed by atoms with Crippen LogP contribution in [0.1, 0.15) is 133 Å². The highest BCUT2D eigenvalue weighted by Crippen LogP contribution is 2.32. The van der Waals surface area contributed by atoms with Gasteiger partial charge in [0.15, 0.2) is 0 Å². The molecule has 0 atom stereocenters. The number of Topliss-reactive ketones (excluding diaryl/α,β-unsaturated/α-hetero) is 1. The lowest BCUT2D eigenvalue weighted by Crippen LogP contribution is -2.21. The van der Waals surface area contributed by atoms with Crippen LogP contribution in [-0.4, -0.2) is 36.9 Å². The Bertz CT molecular complexity index is 446. The molecule has 0 amide bonds. The van der Waals surface area contributed by atoms with Crippen LogP contribution in [0.5, 0.6) is 0 Å². The molecule has 0 aromatic heterocycles. The van der Waals surface area contributed by atoms with Gasteiger partial charge in [0, 0.05) is 5.41 Å². The molecule has 1 saturated carbocycles. The maximum absolute atomic E-state index is 11.4. The van der Waals surface area contributed by atoms with Crippen molar-refractivity contribution in [3.05, 3.63) is 12.3 Å². The summed E-state index contributed by atoms with van der Waals surface area (Å²) >= 11 is 0. The molecule has 3 nitrogen and oxygen atoms in total. The summed E-state index contributed by atoms with van der Waals surface area (Å²) in [7, 11) is 0. The van der Waals surface area contributed by atoms with E-state index in [0.717, 1.165) is 31.3 Å². The molecule has 0 aromatic carbocycles. The van der Waals surface area contributed by atoms with Gasteiger partial charge in [-0.25, -0.2) is 0 Å². The van der Waals surface area contributed by atoms with Crippen LogP contribution in [0, 0.1) is 17.3 Å². The number of ketones is 1. The highest BCUT2D eigenvalue weighted by atomic mass is 16.5. The van der Waals surface area contributed by atoms with Crippen LogP contribution in [0.15, 0.2) is 12.3 Å². The summed E-state index contributed by atoms with van der Waals surface area (Å²) in [5, 5.41) is 0. The SMILES string of the molecule is CC.CC(=O)C(C)(C)CCCCCCN1CCCC1.CC(C)C1CCC1.CC/C=C/OCC.